The third-order valence-electron chi connectivity index (χ3n) is 3.10. The van der Waals surface area contributed by atoms with E-state index in [9.17, 15) is 0 Å². The molecule has 108 valence electrons. The second-order valence-corrected chi connectivity index (χ2v) is 4.54. The molecule has 5 nitrogen and oxygen atoms in total. The van der Waals surface area contributed by atoms with Crippen LogP contribution in [0.5, 0.6) is 11.5 Å². The molecule has 0 N–H and O–H groups in total. The molecule has 5 heteroatoms. The molecule has 2 rings (SSSR count). The minimum absolute atomic E-state index is 0.581. The molecule has 0 aliphatic heterocycles. The second kappa shape index (κ2) is 6.93. The van der Waals surface area contributed by atoms with Crippen LogP contribution in [0.3, 0.4) is 0 Å². The van der Waals surface area contributed by atoms with Crippen molar-refractivity contribution in [3.05, 3.63) is 24.1 Å². The van der Waals surface area contributed by atoms with Crippen molar-refractivity contribution in [1.29, 1.82) is 0 Å². The Morgan fingerprint density at radius 2 is 1.90 bits per heavy atom. The zero-order valence-electron chi connectivity index (χ0n) is 12.2. The largest absolute Gasteiger partial charge is 0.493 e. The van der Waals surface area contributed by atoms with Gasteiger partial charge in [0.2, 0.25) is 11.7 Å². The fraction of sp³-hybridized carbons (Fsp3) is 0.467. The molecule has 0 radical (unpaired) electrons. The van der Waals surface area contributed by atoms with Crippen molar-refractivity contribution < 1.29 is 14.0 Å². The quantitative estimate of drug-likeness (QED) is 0.724. The van der Waals surface area contributed by atoms with E-state index in [-0.39, 0.29) is 0 Å². The lowest BCUT2D eigenvalue weighted by atomic mass is 10.2. The number of aromatic nitrogens is 2. The number of hydrogen-bond donors (Lipinski definition) is 0. The minimum Gasteiger partial charge on any atom is -0.493 e. The lowest BCUT2D eigenvalue weighted by Gasteiger charge is -2.07. The van der Waals surface area contributed by atoms with Gasteiger partial charge in [0.25, 0.3) is 0 Å². The summed E-state index contributed by atoms with van der Waals surface area (Å²) in [7, 11) is 3.21. The van der Waals surface area contributed by atoms with E-state index in [0.717, 1.165) is 18.4 Å². The van der Waals surface area contributed by atoms with Crippen LogP contribution in [0.2, 0.25) is 0 Å². The van der Waals surface area contributed by atoms with Crippen LogP contribution >= 0.6 is 0 Å². The first-order valence-electron chi connectivity index (χ1n) is 6.83. The van der Waals surface area contributed by atoms with Crippen LogP contribution in [0.15, 0.2) is 22.7 Å². The van der Waals surface area contributed by atoms with Crippen molar-refractivity contribution in [1.82, 2.24) is 10.1 Å². The Hall–Kier alpha value is -2.04. The molecule has 0 unspecified atom stereocenters. The first-order valence-corrected chi connectivity index (χ1v) is 6.83. The Bertz CT molecular complexity index is 552. The van der Waals surface area contributed by atoms with E-state index < -0.39 is 0 Å². The van der Waals surface area contributed by atoms with Crippen LogP contribution in [0.4, 0.5) is 0 Å². The number of nitrogens with zero attached hydrogens (tertiary/aromatic N) is 2. The maximum Gasteiger partial charge on any atom is 0.226 e. The van der Waals surface area contributed by atoms with Crippen molar-refractivity contribution in [2.24, 2.45) is 0 Å². The van der Waals surface area contributed by atoms with Crippen LogP contribution < -0.4 is 9.47 Å². The molecule has 0 bridgehead atoms. The van der Waals surface area contributed by atoms with E-state index in [1.54, 1.807) is 14.2 Å². The number of benzene rings is 1. The number of ether oxygens (including phenoxy) is 2. The molecule has 0 saturated heterocycles. The van der Waals surface area contributed by atoms with Crippen molar-refractivity contribution in [2.75, 3.05) is 14.2 Å². The van der Waals surface area contributed by atoms with E-state index in [1.807, 2.05) is 18.2 Å². The van der Waals surface area contributed by atoms with Gasteiger partial charge in [0, 0.05) is 12.0 Å². The first kappa shape index (κ1) is 14.4. The lowest BCUT2D eigenvalue weighted by Crippen LogP contribution is -1.91. The third-order valence-corrected chi connectivity index (χ3v) is 3.10. The minimum atomic E-state index is 0.581. The molecule has 2 aromatic rings. The molecule has 0 fully saturated rings. The zero-order chi connectivity index (χ0) is 14.4. The summed E-state index contributed by atoms with van der Waals surface area (Å²) < 4.78 is 15.7. The SMILES string of the molecule is CCCCCc1nc(-c2ccc(OC)c(OC)c2)no1. The predicted octanol–water partition coefficient (Wildman–Crippen LogP) is 3.49. The Balaban J connectivity index is 2.15. The number of methoxy groups -OCH3 is 2. The third kappa shape index (κ3) is 3.29. The number of rotatable bonds is 7. The van der Waals surface area contributed by atoms with E-state index in [1.165, 1.54) is 12.8 Å². The summed E-state index contributed by atoms with van der Waals surface area (Å²) in [6.45, 7) is 2.17. The van der Waals surface area contributed by atoms with Crippen molar-refractivity contribution >= 4 is 0 Å². The summed E-state index contributed by atoms with van der Waals surface area (Å²) >= 11 is 0. The Morgan fingerprint density at radius 3 is 2.60 bits per heavy atom. The standard InChI is InChI=1S/C15H20N2O3/c1-4-5-6-7-14-16-15(17-20-14)11-8-9-12(18-2)13(10-11)19-3/h8-10H,4-7H2,1-3H3. The summed E-state index contributed by atoms with van der Waals surface area (Å²) in [6, 6.07) is 5.57. The van der Waals surface area contributed by atoms with Crippen LogP contribution in [0.1, 0.15) is 32.1 Å². The molecule has 1 heterocycles. The van der Waals surface area contributed by atoms with Gasteiger partial charge in [-0.25, -0.2) is 0 Å². The highest BCUT2D eigenvalue weighted by Gasteiger charge is 2.11. The summed E-state index contributed by atoms with van der Waals surface area (Å²) in [5.74, 6) is 2.60. The van der Waals surface area contributed by atoms with Gasteiger partial charge >= 0.3 is 0 Å². The second-order valence-electron chi connectivity index (χ2n) is 4.54. The molecule has 20 heavy (non-hydrogen) atoms. The number of unbranched alkanes of at least 4 members (excludes halogenated alkanes) is 2. The van der Waals surface area contributed by atoms with Gasteiger partial charge in [-0.15, -0.1) is 0 Å². The highest BCUT2D eigenvalue weighted by Crippen LogP contribution is 2.31. The molecule has 0 atom stereocenters. The van der Waals surface area contributed by atoms with Crippen molar-refractivity contribution in [3.8, 4) is 22.9 Å². The monoisotopic (exact) mass is 276 g/mol. The Labute approximate surface area is 118 Å². The first-order chi connectivity index (χ1) is 9.78. The highest BCUT2D eigenvalue weighted by molar-refractivity contribution is 5.60. The maximum atomic E-state index is 5.27. The van der Waals surface area contributed by atoms with Crippen LogP contribution in [0.25, 0.3) is 11.4 Å². The van der Waals surface area contributed by atoms with E-state index in [0.29, 0.717) is 23.2 Å². The van der Waals surface area contributed by atoms with Crippen LogP contribution in [0, 0.1) is 0 Å². The van der Waals surface area contributed by atoms with E-state index in [2.05, 4.69) is 17.1 Å². The number of hydrogen-bond acceptors (Lipinski definition) is 5. The molecule has 1 aromatic heterocycles. The summed E-state index contributed by atoms with van der Waals surface area (Å²) in [4.78, 5) is 4.41. The molecule has 0 aliphatic carbocycles. The van der Waals surface area contributed by atoms with Crippen molar-refractivity contribution in [2.45, 2.75) is 32.6 Å². The van der Waals surface area contributed by atoms with Crippen molar-refractivity contribution in [3.63, 3.8) is 0 Å². The normalized spacial score (nSPS) is 10.6. The van der Waals surface area contributed by atoms with E-state index >= 15 is 0 Å². The Morgan fingerprint density at radius 1 is 1.10 bits per heavy atom. The average molecular weight is 276 g/mol. The zero-order valence-corrected chi connectivity index (χ0v) is 12.2. The summed E-state index contributed by atoms with van der Waals surface area (Å²) in [6.07, 6.45) is 4.25. The summed E-state index contributed by atoms with van der Waals surface area (Å²) in [5, 5.41) is 4.01. The smallest absolute Gasteiger partial charge is 0.226 e. The Kier molecular flexibility index (Phi) is 4.98. The van der Waals surface area contributed by atoms with Gasteiger partial charge < -0.3 is 14.0 Å². The van der Waals surface area contributed by atoms with Gasteiger partial charge in [-0.3, -0.25) is 0 Å². The molecule has 1 aromatic carbocycles. The van der Waals surface area contributed by atoms with Gasteiger partial charge in [0.1, 0.15) is 0 Å². The molecule has 0 saturated carbocycles. The van der Waals surface area contributed by atoms with E-state index in [4.69, 9.17) is 14.0 Å². The fourth-order valence-corrected chi connectivity index (χ4v) is 1.98. The molecular weight excluding hydrogens is 256 g/mol. The van der Waals surface area contributed by atoms with Crippen LogP contribution in [-0.2, 0) is 6.42 Å². The molecule has 0 amide bonds. The van der Waals surface area contributed by atoms with Gasteiger partial charge in [-0.1, -0.05) is 24.9 Å². The van der Waals surface area contributed by atoms with Gasteiger partial charge in [0.05, 0.1) is 14.2 Å². The molecule has 0 spiro atoms. The average Bonchev–Trinajstić information content (AvgIpc) is 2.95. The van der Waals surface area contributed by atoms with Gasteiger partial charge in [-0.2, -0.15) is 4.98 Å². The maximum absolute atomic E-state index is 5.27. The summed E-state index contributed by atoms with van der Waals surface area (Å²) in [5.41, 5.74) is 0.855. The topological polar surface area (TPSA) is 57.4 Å². The molecule has 0 aliphatic rings. The van der Waals surface area contributed by atoms with Crippen LogP contribution in [-0.4, -0.2) is 24.4 Å². The highest BCUT2D eigenvalue weighted by atomic mass is 16.5. The van der Waals surface area contributed by atoms with Gasteiger partial charge in [0.15, 0.2) is 11.5 Å². The lowest BCUT2D eigenvalue weighted by molar-refractivity contribution is 0.355. The predicted molar refractivity (Wildman–Crippen MR) is 76.1 cm³/mol. The number of aryl methyl sites for hydroxylation is 1. The fourth-order valence-electron chi connectivity index (χ4n) is 1.98. The van der Waals surface area contributed by atoms with Gasteiger partial charge in [-0.05, 0) is 24.6 Å². The molecular formula is C15H20N2O3.